The molecule has 1 aliphatic heterocycles. The van der Waals surface area contributed by atoms with Crippen molar-refractivity contribution in [2.75, 3.05) is 26.3 Å². The van der Waals surface area contributed by atoms with Gasteiger partial charge >= 0.3 is 0 Å². The van der Waals surface area contributed by atoms with Gasteiger partial charge in [-0.25, -0.2) is 13.4 Å². The fraction of sp³-hybridized carbons (Fsp3) is 0.500. The van der Waals surface area contributed by atoms with E-state index in [1.54, 1.807) is 28.2 Å². The molecule has 0 unspecified atom stereocenters. The van der Waals surface area contributed by atoms with Crippen LogP contribution in [0.1, 0.15) is 44.2 Å². The van der Waals surface area contributed by atoms with Crippen LogP contribution in [0, 0.1) is 12.8 Å². The number of piperidine rings is 1. The lowest BCUT2D eigenvalue weighted by atomic mass is 10.0. The first-order chi connectivity index (χ1) is 16.4. The summed E-state index contributed by atoms with van der Waals surface area (Å²) in [5.41, 5.74) is 4.19. The highest BCUT2D eigenvalue weighted by Gasteiger charge is 2.29. The summed E-state index contributed by atoms with van der Waals surface area (Å²) in [6.07, 6.45) is 2.87. The molecule has 2 heterocycles. The van der Waals surface area contributed by atoms with Gasteiger partial charge in [0, 0.05) is 38.6 Å². The van der Waals surface area contributed by atoms with Crippen LogP contribution < -0.4 is 0 Å². The molecule has 3 aromatic rings. The molecule has 0 bridgehead atoms. The second-order valence-electron chi connectivity index (χ2n) is 9.14. The summed E-state index contributed by atoms with van der Waals surface area (Å²) >= 11 is 1.69. The normalized spacial score (nSPS) is 17.4. The van der Waals surface area contributed by atoms with Crippen molar-refractivity contribution in [2.45, 2.75) is 62.4 Å². The van der Waals surface area contributed by atoms with Crippen molar-refractivity contribution >= 4 is 32.8 Å². The van der Waals surface area contributed by atoms with Gasteiger partial charge in [-0.2, -0.15) is 4.31 Å². The Balaban J connectivity index is 1.63. The van der Waals surface area contributed by atoms with Crippen LogP contribution in [-0.4, -0.2) is 48.6 Å². The summed E-state index contributed by atoms with van der Waals surface area (Å²) in [4.78, 5) is 5.22. The Labute approximate surface area is 207 Å². The summed E-state index contributed by atoms with van der Waals surface area (Å²) in [6.45, 7) is 9.57. The predicted octanol–water partition coefficient (Wildman–Crippen LogP) is 5.48. The van der Waals surface area contributed by atoms with E-state index in [9.17, 15) is 8.42 Å². The maximum absolute atomic E-state index is 13.3. The Bertz CT molecular complexity index is 1220. The van der Waals surface area contributed by atoms with Gasteiger partial charge in [0.25, 0.3) is 0 Å². The van der Waals surface area contributed by atoms with E-state index in [1.807, 2.05) is 13.0 Å². The quantitative estimate of drug-likeness (QED) is 0.272. The minimum atomic E-state index is -3.52. The van der Waals surface area contributed by atoms with Crippen LogP contribution in [0.15, 0.2) is 52.5 Å². The van der Waals surface area contributed by atoms with Gasteiger partial charge in [-0.05, 0) is 62.8 Å². The molecule has 34 heavy (non-hydrogen) atoms. The minimum absolute atomic E-state index is 0.336. The smallest absolute Gasteiger partial charge is 0.243 e. The van der Waals surface area contributed by atoms with Crippen molar-refractivity contribution < 1.29 is 13.2 Å². The lowest BCUT2D eigenvalue weighted by Crippen LogP contribution is -2.39. The maximum Gasteiger partial charge on any atom is 0.243 e. The number of fused-ring (bicyclic) bond motifs is 1. The van der Waals surface area contributed by atoms with Gasteiger partial charge < -0.3 is 9.30 Å². The van der Waals surface area contributed by atoms with Crippen LogP contribution in [0.2, 0.25) is 0 Å². The summed E-state index contributed by atoms with van der Waals surface area (Å²) in [6, 6.07) is 13.9. The molecule has 2 aromatic carbocycles. The van der Waals surface area contributed by atoms with Gasteiger partial charge in [0.05, 0.1) is 15.9 Å². The molecule has 6 nitrogen and oxygen atoms in total. The first-order valence-corrected chi connectivity index (χ1v) is 14.6. The Hall–Kier alpha value is -1.87. The summed E-state index contributed by atoms with van der Waals surface area (Å²) in [7, 11) is -3.52. The van der Waals surface area contributed by atoms with Gasteiger partial charge in [0.2, 0.25) is 10.0 Å². The molecule has 0 saturated carbocycles. The van der Waals surface area contributed by atoms with Crippen LogP contribution in [0.25, 0.3) is 11.0 Å². The summed E-state index contributed by atoms with van der Waals surface area (Å²) < 4.78 is 36.0. The lowest BCUT2D eigenvalue weighted by molar-refractivity contribution is 0.141. The molecule has 1 fully saturated rings. The van der Waals surface area contributed by atoms with Crippen LogP contribution >= 0.6 is 11.8 Å². The SMILES string of the molecule is CCOCCCn1c(SCc2cccc(C)c2)nc2cc(S(=O)(=O)N3CCC[C@H](C)C3)ccc21. The average molecular weight is 502 g/mol. The third kappa shape index (κ3) is 5.85. The monoisotopic (exact) mass is 501 g/mol. The van der Waals surface area contributed by atoms with Crippen molar-refractivity contribution in [3.8, 4) is 0 Å². The topological polar surface area (TPSA) is 64.4 Å². The van der Waals surface area contributed by atoms with Crippen molar-refractivity contribution in [3.05, 3.63) is 53.6 Å². The van der Waals surface area contributed by atoms with Crippen molar-refractivity contribution in [3.63, 3.8) is 0 Å². The number of aromatic nitrogens is 2. The highest BCUT2D eigenvalue weighted by Crippen LogP contribution is 2.30. The average Bonchev–Trinajstić information content (AvgIpc) is 3.17. The van der Waals surface area contributed by atoms with Gasteiger partial charge in [0.15, 0.2) is 5.16 Å². The number of imidazole rings is 1. The molecule has 1 aromatic heterocycles. The number of hydrogen-bond donors (Lipinski definition) is 0. The molecule has 0 aliphatic carbocycles. The number of thioether (sulfide) groups is 1. The standard InChI is InChI=1S/C26H35N3O3S2/c1-4-32-15-7-14-29-25-12-11-23(34(30,31)28-13-6-9-21(3)18-28)17-24(25)27-26(29)33-19-22-10-5-8-20(2)16-22/h5,8,10-12,16-17,21H,4,6-7,9,13-15,18-19H2,1-3H3/t21-/m0/s1. The van der Waals surface area contributed by atoms with Crippen molar-refractivity contribution in [2.24, 2.45) is 5.92 Å². The van der Waals surface area contributed by atoms with Crippen molar-refractivity contribution in [1.82, 2.24) is 13.9 Å². The van der Waals surface area contributed by atoms with E-state index < -0.39 is 10.0 Å². The Kier molecular flexibility index (Phi) is 8.34. The Morgan fingerprint density at radius 3 is 2.82 bits per heavy atom. The zero-order valence-corrected chi connectivity index (χ0v) is 22.0. The zero-order chi connectivity index (χ0) is 24.1. The first-order valence-electron chi connectivity index (χ1n) is 12.1. The fourth-order valence-corrected chi connectivity index (χ4v) is 7.11. The van der Waals surface area contributed by atoms with E-state index >= 15 is 0 Å². The van der Waals surface area contributed by atoms with E-state index in [2.05, 4.69) is 42.7 Å². The van der Waals surface area contributed by atoms with Gasteiger partial charge in [0.1, 0.15) is 0 Å². The summed E-state index contributed by atoms with van der Waals surface area (Å²) in [5, 5.41) is 0.911. The second-order valence-corrected chi connectivity index (χ2v) is 12.0. The Morgan fingerprint density at radius 2 is 2.06 bits per heavy atom. The zero-order valence-electron chi connectivity index (χ0n) is 20.4. The molecule has 1 atom stereocenters. The number of hydrogen-bond acceptors (Lipinski definition) is 5. The summed E-state index contributed by atoms with van der Waals surface area (Å²) in [5.74, 6) is 1.20. The molecular weight excluding hydrogens is 466 g/mol. The molecule has 184 valence electrons. The molecule has 0 spiro atoms. The number of rotatable bonds is 10. The molecule has 1 aliphatic rings. The van der Waals surface area contributed by atoms with E-state index in [4.69, 9.17) is 9.72 Å². The lowest BCUT2D eigenvalue weighted by Gasteiger charge is -2.30. The van der Waals surface area contributed by atoms with Gasteiger partial charge in [-0.3, -0.25) is 0 Å². The fourth-order valence-electron chi connectivity index (χ4n) is 4.51. The number of sulfonamides is 1. The molecule has 8 heteroatoms. The van der Waals surface area contributed by atoms with Crippen molar-refractivity contribution in [1.29, 1.82) is 0 Å². The van der Waals surface area contributed by atoms with E-state index in [0.717, 1.165) is 47.7 Å². The third-order valence-corrected chi connectivity index (χ3v) is 9.18. The van der Waals surface area contributed by atoms with Gasteiger partial charge in [-0.1, -0.05) is 48.5 Å². The number of benzene rings is 2. The maximum atomic E-state index is 13.3. The van der Waals surface area contributed by atoms with Gasteiger partial charge in [-0.15, -0.1) is 0 Å². The number of ether oxygens (including phenoxy) is 1. The second kappa shape index (κ2) is 11.2. The largest absolute Gasteiger partial charge is 0.382 e. The molecule has 0 radical (unpaired) electrons. The van der Waals surface area contributed by atoms with Crippen LogP contribution in [0.5, 0.6) is 0 Å². The Morgan fingerprint density at radius 1 is 1.21 bits per heavy atom. The highest BCUT2D eigenvalue weighted by atomic mass is 32.2. The number of aryl methyl sites for hydroxylation is 2. The van der Waals surface area contributed by atoms with Crippen LogP contribution in [0.4, 0.5) is 0 Å². The molecule has 0 amide bonds. The van der Waals surface area contributed by atoms with E-state index in [1.165, 1.54) is 11.1 Å². The number of nitrogens with zero attached hydrogens (tertiary/aromatic N) is 3. The third-order valence-electron chi connectivity index (χ3n) is 6.27. The minimum Gasteiger partial charge on any atom is -0.382 e. The van der Waals surface area contributed by atoms with E-state index in [-0.39, 0.29) is 0 Å². The predicted molar refractivity (Wildman–Crippen MR) is 139 cm³/mol. The first kappa shape index (κ1) is 25.2. The molecule has 1 saturated heterocycles. The van der Waals surface area contributed by atoms with Crippen LogP contribution in [-0.2, 0) is 27.1 Å². The molecule has 4 rings (SSSR count). The molecule has 0 N–H and O–H groups in total. The molecular formula is C26H35N3O3S2. The van der Waals surface area contributed by atoms with E-state index in [0.29, 0.717) is 37.1 Å². The van der Waals surface area contributed by atoms with Crippen LogP contribution in [0.3, 0.4) is 0 Å². The highest BCUT2D eigenvalue weighted by molar-refractivity contribution is 7.98.